The molecule has 0 aliphatic rings. The third kappa shape index (κ3) is 3.50. The van der Waals surface area contributed by atoms with E-state index in [4.69, 9.17) is 11.5 Å². The molecule has 0 spiro atoms. The van der Waals surface area contributed by atoms with Crippen LogP contribution in [0.25, 0.3) is 0 Å². The summed E-state index contributed by atoms with van der Waals surface area (Å²) >= 11 is 0. The minimum absolute atomic E-state index is 0.0806. The van der Waals surface area contributed by atoms with E-state index in [0.29, 0.717) is 0 Å². The Labute approximate surface area is 96.7 Å². The van der Waals surface area contributed by atoms with Gasteiger partial charge in [0.2, 0.25) is 5.56 Å². The number of carbonyl (C=O) groups excluding carboxylic acids is 1. The maximum absolute atomic E-state index is 11.6. The van der Waals surface area contributed by atoms with Gasteiger partial charge in [0.25, 0.3) is 5.91 Å². The molecule has 0 aromatic carbocycles. The number of pyridine rings is 1. The summed E-state index contributed by atoms with van der Waals surface area (Å²) in [5.41, 5.74) is -0.363. The minimum atomic E-state index is -1.22. The molecule has 88 valence electrons. The highest BCUT2D eigenvalue weighted by atomic mass is 16.4. The molecule has 6 heteroatoms. The van der Waals surface area contributed by atoms with Gasteiger partial charge >= 0.3 is 5.97 Å². The number of H-pyrrole nitrogens is 1. The summed E-state index contributed by atoms with van der Waals surface area (Å²) in [6.45, 7) is 0. The highest BCUT2D eigenvalue weighted by Crippen LogP contribution is 1.97. The predicted octanol–water partition coefficient (Wildman–Crippen LogP) is -0.419. The smallest absolute Gasteiger partial charge is 0.327 e. The first-order chi connectivity index (χ1) is 8.04. The molecule has 6 nitrogen and oxygen atoms in total. The lowest BCUT2D eigenvalue weighted by Crippen LogP contribution is -2.40. The molecule has 0 saturated heterocycles. The molecule has 1 heterocycles. The van der Waals surface area contributed by atoms with Crippen LogP contribution in [0.15, 0.2) is 23.1 Å². The van der Waals surface area contributed by atoms with Crippen molar-refractivity contribution in [3.63, 3.8) is 0 Å². The van der Waals surface area contributed by atoms with Crippen LogP contribution in [0.4, 0.5) is 0 Å². The van der Waals surface area contributed by atoms with Gasteiger partial charge in [0.15, 0.2) is 0 Å². The summed E-state index contributed by atoms with van der Waals surface area (Å²) in [4.78, 5) is 35.6. The molecule has 1 aromatic rings. The minimum Gasteiger partial charge on any atom is -0.480 e. The molecule has 0 bridgehead atoms. The van der Waals surface area contributed by atoms with Gasteiger partial charge in [0, 0.05) is 24.2 Å². The van der Waals surface area contributed by atoms with Crippen molar-refractivity contribution >= 4 is 11.9 Å². The fourth-order valence-electron chi connectivity index (χ4n) is 1.15. The molecule has 1 amide bonds. The molecular weight excluding hydrogens is 224 g/mol. The van der Waals surface area contributed by atoms with Gasteiger partial charge in [-0.1, -0.05) is 0 Å². The number of carbonyl (C=O) groups is 2. The van der Waals surface area contributed by atoms with E-state index < -0.39 is 23.5 Å². The van der Waals surface area contributed by atoms with Crippen molar-refractivity contribution in [3.8, 4) is 12.3 Å². The van der Waals surface area contributed by atoms with Gasteiger partial charge in [-0.3, -0.25) is 9.59 Å². The van der Waals surface area contributed by atoms with Crippen LogP contribution in [-0.4, -0.2) is 28.0 Å². The molecule has 0 saturated carbocycles. The van der Waals surface area contributed by atoms with E-state index in [1.54, 1.807) is 0 Å². The summed E-state index contributed by atoms with van der Waals surface area (Å²) in [5, 5.41) is 11.0. The van der Waals surface area contributed by atoms with Gasteiger partial charge < -0.3 is 15.4 Å². The third-order valence-electron chi connectivity index (χ3n) is 1.96. The van der Waals surface area contributed by atoms with Gasteiger partial charge in [0.1, 0.15) is 6.04 Å². The topological polar surface area (TPSA) is 99.3 Å². The van der Waals surface area contributed by atoms with E-state index in [-0.39, 0.29) is 12.0 Å². The molecule has 17 heavy (non-hydrogen) atoms. The SMILES string of the molecule is C#CCC(NC(=O)c1cc[nH]c(=O)c1)C(=O)O. The number of aromatic amines is 1. The number of aromatic nitrogens is 1. The van der Waals surface area contributed by atoms with Crippen molar-refractivity contribution in [1.29, 1.82) is 0 Å². The van der Waals surface area contributed by atoms with Crippen molar-refractivity contribution in [1.82, 2.24) is 10.3 Å². The number of nitrogens with one attached hydrogen (secondary N) is 2. The van der Waals surface area contributed by atoms with Crippen LogP contribution >= 0.6 is 0 Å². The van der Waals surface area contributed by atoms with E-state index in [2.05, 4.69) is 16.2 Å². The number of carboxylic acids is 1. The fraction of sp³-hybridized carbons (Fsp3) is 0.182. The predicted molar refractivity (Wildman–Crippen MR) is 59.4 cm³/mol. The molecule has 1 unspecified atom stereocenters. The van der Waals surface area contributed by atoms with Crippen LogP contribution in [0, 0.1) is 12.3 Å². The Balaban J connectivity index is 2.81. The van der Waals surface area contributed by atoms with Crippen LogP contribution in [0.1, 0.15) is 16.8 Å². The van der Waals surface area contributed by atoms with E-state index >= 15 is 0 Å². The first-order valence-electron chi connectivity index (χ1n) is 4.70. The highest BCUT2D eigenvalue weighted by Gasteiger charge is 2.19. The van der Waals surface area contributed by atoms with Crippen molar-refractivity contribution in [2.75, 3.05) is 0 Å². The van der Waals surface area contributed by atoms with Crippen molar-refractivity contribution < 1.29 is 14.7 Å². The molecule has 1 rings (SSSR count). The number of terminal acetylenes is 1. The van der Waals surface area contributed by atoms with Gasteiger partial charge in [-0.2, -0.15) is 0 Å². The van der Waals surface area contributed by atoms with Crippen molar-refractivity contribution in [2.24, 2.45) is 0 Å². The summed E-state index contributed by atoms with van der Waals surface area (Å²) in [6, 6.07) is 1.28. The highest BCUT2D eigenvalue weighted by molar-refractivity contribution is 5.96. The van der Waals surface area contributed by atoms with E-state index in [1.165, 1.54) is 12.3 Å². The monoisotopic (exact) mass is 234 g/mol. The molecule has 0 aliphatic heterocycles. The van der Waals surface area contributed by atoms with Crippen molar-refractivity contribution in [3.05, 3.63) is 34.2 Å². The fourth-order valence-corrected chi connectivity index (χ4v) is 1.15. The quantitative estimate of drug-likeness (QED) is 0.616. The zero-order chi connectivity index (χ0) is 12.8. The van der Waals surface area contributed by atoms with E-state index in [9.17, 15) is 14.4 Å². The number of carboxylic acid groups (broad SMARTS) is 1. The lowest BCUT2D eigenvalue weighted by atomic mass is 10.2. The van der Waals surface area contributed by atoms with Crippen LogP contribution in [0.3, 0.4) is 0 Å². The average molecular weight is 234 g/mol. The van der Waals surface area contributed by atoms with Gasteiger partial charge in [-0.25, -0.2) is 4.79 Å². The van der Waals surface area contributed by atoms with Crippen LogP contribution < -0.4 is 10.9 Å². The lowest BCUT2D eigenvalue weighted by molar-refractivity contribution is -0.139. The largest absolute Gasteiger partial charge is 0.480 e. The zero-order valence-electron chi connectivity index (χ0n) is 8.77. The third-order valence-corrected chi connectivity index (χ3v) is 1.96. The second kappa shape index (κ2) is 5.51. The molecule has 1 aromatic heterocycles. The molecule has 3 N–H and O–H groups in total. The summed E-state index contributed by atoms with van der Waals surface area (Å²) < 4.78 is 0. The summed E-state index contributed by atoms with van der Waals surface area (Å²) in [7, 11) is 0. The van der Waals surface area contributed by atoms with E-state index in [1.807, 2.05) is 0 Å². The first kappa shape index (κ1) is 12.5. The van der Waals surface area contributed by atoms with E-state index in [0.717, 1.165) is 6.07 Å². The zero-order valence-corrected chi connectivity index (χ0v) is 8.77. The average Bonchev–Trinajstić information content (AvgIpc) is 2.28. The van der Waals surface area contributed by atoms with Gasteiger partial charge in [-0.05, 0) is 6.07 Å². The number of hydrogen-bond donors (Lipinski definition) is 3. The Morgan fingerprint density at radius 1 is 1.59 bits per heavy atom. The van der Waals surface area contributed by atoms with Crippen LogP contribution in [0.2, 0.25) is 0 Å². The number of amides is 1. The Morgan fingerprint density at radius 2 is 2.29 bits per heavy atom. The summed E-state index contributed by atoms with van der Waals surface area (Å²) in [5.74, 6) is 0.279. The van der Waals surface area contributed by atoms with Crippen LogP contribution in [-0.2, 0) is 4.79 Å². The Kier molecular flexibility index (Phi) is 4.06. The van der Waals surface area contributed by atoms with Gasteiger partial charge in [-0.15, -0.1) is 12.3 Å². The number of rotatable bonds is 4. The second-order valence-corrected chi connectivity index (χ2v) is 3.21. The summed E-state index contributed by atoms with van der Waals surface area (Å²) in [6.07, 6.45) is 6.17. The molecule has 0 aliphatic carbocycles. The van der Waals surface area contributed by atoms with Crippen molar-refractivity contribution in [2.45, 2.75) is 12.5 Å². The molecule has 0 radical (unpaired) electrons. The maximum atomic E-state index is 11.6. The number of hydrogen-bond acceptors (Lipinski definition) is 3. The molecule has 1 atom stereocenters. The Morgan fingerprint density at radius 3 is 2.82 bits per heavy atom. The molecular formula is C11H10N2O4. The van der Waals surface area contributed by atoms with Crippen LogP contribution in [0.5, 0.6) is 0 Å². The lowest BCUT2D eigenvalue weighted by Gasteiger charge is -2.11. The van der Waals surface area contributed by atoms with Gasteiger partial charge in [0.05, 0.1) is 0 Å². The normalized spacial score (nSPS) is 11.2. The Hall–Kier alpha value is -2.55. The second-order valence-electron chi connectivity index (χ2n) is 3.21. The maximum Gasteiger partial charge on any atom is 0.327 e. The molecule has 0 fully saturated rings. The Bertz CT molecular complexity index is 527. The first-order valence-corrected chi connectivity index (χ1v) is 4.70. The standard InChI is InChI=1S/C11H10N2O4/c1-2-3-8(11(16)17)13-10(15)7-4-5-12-9(14)6-7/h1,4-6,8H,3H2,(H,12,14)(H,13,15)(H,16,17). The number of aliphatic carboxylic acids is 1.